The van der Waals surface area contributed by atoms with Gasteiger partial charge in [0.15, 0.2) is 0 Å². The summed E-state index contributed by atoms with van der Waals surface area (Å²) in [5.74, 6) is 0.724. The van der Waals surface area contributed by atoms with Crippen LogP contribution in [0.5, 0.6) is 5.75 Å². The summed E-state index contributed by atoms with van der Waals surface area (Å²) in [5, 5.41) is 2.95. The fourth-order valence-electron chi connectivity index (χ4n) is 3.47. The van der Waals surface area contributed by atoms with Crippen molar-refractivity contribution >= 4 is 33.4 Å². The zero-order valence-corrected chi connectivity index (χ0v) is 20.9. The number of benzene rings is 2. The molecule has 1 atom stereocenters. The molecule has 1 amide bonds. The molecule has 0 aliphatic heterocycles. The lowest BCUT2D eigenvalue weighted by Gasteiger charge is -2.25. The van der Waals surface area contributed by atoms with Gasteiger partial charge in [0.1, 0.15) is 12.3 Å². The molecule has 0 bridgehead atoms. The first kappa shape index (κ1) is 25.1. The van der Waals surface area contributed by atoms with Gasteiger partial charge in [-0.2, -0.15) is 0 Å². The van der Waals surface area contributed by atoms with Crippen molar-refractivity contribution in [2.24, 2.45) is 0 Å². The number of carbonyl (C=O) groups is 1. The number of nitrogens with one attached hydrogen (secondary N) is 1. The number of hydrogen-bond donors (Lipinski definition) is 1. The predicted octanol–water partition coefficient (Wildman–Crippen LogP) is 4.49. The van der Waals surface area contributed by atoms with Crippen LogP contribution in [0, 0.1) is 6.92 Å². The summed E-state index contributed by atoms with van der Waals surface area (Å²) in [5.41, 5.74) is 3.52. The molecule has 0 aromatic heterocycles. The molecule has 0 fully saturated rings. The van der Waals surface area contributed by atoms with Crippen LogP contribution in [-0.4, -0.2) is 40.5 Å². The maximum absolute atomic E-state index is 12.8. The monoisotopic (exact) mass is 464 g/mol. The van der Waals surface area contributed by atoms with Crippen LogP contribution >= 0.6 is 11.8 Å². The number of hydrogen-bond acceptors (Lipinski definition) is 5. The molecule has 31 heavy (non-hydrogen) atoms. The van der Waals surface area contributed by atoms with E-state index >= 15 is 0 Å². The highest BCUT2D eigenvalue weighted by Crippen LogP contribution is 2.32. The fraction of sp³-hybridized carbons (Fsp3) is 0.435. The van der Waals surface area contributed by atoms with Crippen LogP contribution in [0.4, 0.5) is 5.69 Å². The Hall–Kier alpha value is -2.19. The van der Waals surface area contributed by atoms with Crippen LogP contribution in [0.15, 0.2) is 41.3 Å². The number of sulfonamides is 1. The highest BCUT2D eigenvalue weighted by Gasteiger charge is 2.23. The topological polar surface area (TPSA) is 75.7 Å². The van der Waals surface area contributed by atoms with Crippen molar-refractivity contribution in [2.75, 3.05) is 30.5 Å². The predicted molar refractivity (Wildman–Crippen MR) is 129 cm³/mol. The lowest BCUT2D eigenvalue weighted by molar-refractivity contribution is -0.120. The van der Waals surface area contributed by atoms with Crippen LogP contribution in [0.2, 0.25) is 0 Å². The van der Waals surface area contributed by atoms with Crippen LogP contribution in [0.25, 0.3) is 0 Å². The van der Waals surface area contributed by atoms with E-state index < -0.39 is 10.0 Å². The van der Waals surface area contributed by atoms with Crippen molar-refractivity contribution in [1.29, 1.82) is 0 Å². The Bertz CT molecular complexity index is 1040. The van der Waals surface area contributed by atoms with Gasteiger partial charge in [0.05, 0.1) is 25.1 Å². The average Bonchev–Trinajstić information content (AvgIpc) is 2.70. The number of anilines is 1. The number of carbonyl (C=O) groups excluding carboxylic acids is 1. The SMILES string of the molecule is COc1cc(C)c(C(C)NC(=O)CN(c2cccc(SC)c2)S(C)(=O)=O)cc1C(C)C. The molecule has 0 radical (unpaired) electrons. The first-order chi connectivity index (χ1) is 14.5. The van der Waals surface area contributed by atoms with Crippen molar-refractivity contribution in [1.82, 2.24) is 5.32 Å². The number of nitrogens with zero attached hydrogens (tertiary/aromatic N) is 1. The Morgan fingerprint density at radius 2 is 1.84 bits per heavy atom. The lowest BCUT2D eigenvalue weighted by Crippen LogP contribution is -2.41. The minimum Gasteiger partial charge on any atom is -0.496 e. The molecule has 1 N–H and O–H groups in total. The second-order valence-corrected chi connectivity index (χ2v) is 10.7. The Morgan fingerprint density at radius 3 is 2.39 bits per heavy atom. The van der Waals surface area contributed by atoms with Crippen molar-refractivity contribution < 1.29 is 17.9 Å². The van der Waals surface area contributed by atoms with Crippen LogP contribution < -0.4 is 14.4 Å². The quantitative estimate of drug-likeness (QED) is 0.553. The molecule has 0 heterocycles. The molecule has 1 unspecified atom stereocenters. The number of methoxy groups -OCH3 is 1. The van der Waals surface area contributed by atoms with E-state index in [-0.39, 0.29) is 24.4 Å². The Labute approximate surface area is 190 Å². The van der Waals surface area contributed by atoms with E-state index in [9.17, 15) is 13.2 Å². The summed E-state index contributed by atoms with van der Waals surface area (Å²) < 4.78 is 31.4. The smallest absolute Gasteiger partial charge is 0.241 e. The van der Waals surface area contributed by atoms with Crippen molar-refractivity contribution in [3.8, 4) is 5.75 Å². The Morgan fingerprint density at radius 1 is 1.16 bits per heavy atom. The third-order valence-corrected chi connectivity index (χ3v) is 6.98. The van der Waals surface area contributed by atoms with Gasteiger partial charge in [0.25, 0.3) is 0 Å². The van der Waals surface area contributed by atoms with Crippen molar-refractivity contribution in [3.05, 3.63) is 53.1 Å². The van der Waals surface area contributed by atoms with Crippen LogP contribution in [0.1, 0.15) is 49.4 Å². The maximum atomic E-state index is 12.8. The van der Waals surface area contributed by atoms with Gasteiger partial charge in [0, 0.05) is 4.90 Å². The highest BCUT2D eigenvalue weighted by molar-refractivity contribution is 7.98. The van der Waals surface area contributed by atoms with Gasteiger partial charge in [-0.05, 0) is 73.0 Å². The maximum Gasteiger partial charge on any atom is 0.241 e. The van der Waals surface area contributed by atoms with Gasteiger partial charge in [-0.1, -0.05) is 19.9 Å². The zero-order chi connectivity index (χ0) is 23.3. The molecule has 0 spiro atoms. The molecule has 6 nitrogen and oxygen atoms in total. The van der Waals surface area contributed by atoms with Gasteiger partial charge in [-0.25, -0.2) is 8.42 Å². The second-order valence-electron chi connectivity index (χ2n) is 7.87. The average molecular weight is 465 g/mol. The van der Waals surface area contributed by atoms with Crippen LogP contribution in [0.3, 0.4) is 0 Å². The van der Waals surface area contributed by atoms with Crippen LogP contribution in [-0.2, 0) is 14.8 Å². The van der Waals surface area contributed by atoms with E-state index in [0.717, 1.165) is 37.9 Å². The van der Waals surface area contributed by atoms with E-state index in [1.807, 2.05) is 32.2 Å². The van der Waals surface area contributed by atoms with E-state index in [2.05, 4.69) is 25.2 Å². The van der Waals surface area contributed by atoms with E-state index in [1.54, 1.807) is 25.3 Å². The minimum absolute atomic E-state index is 0.265. The summed E-state index contributed by atoms with van der Waals surface area (Å²) in [4.78, 5) is 13.7. The number of ether oxygens (including phenoxy) is 1. The zero-order valence-electron chi connectivity index (χ0n) is 19.2. The summed E-state index contributed by atoms with van der Waals surface area (Å²) in [6.45, 7) is 7.77. The van der Waals surface area contributed by atoms with Gasteiger partial charge in [0.2, 0.25) is 15.9 Å². The Balaban J connectivity index is 2.26. The third kappa shape index (κ3) is 6.40. The van der Waals surface area contributed by atoms with E-state index in [0.29, 0.717) is 5.69 Å². The summed E-state index contributed by atoms with van der Waals surface area (Å²) >= 11 is 1.51. The Kier molecular flexibility index (Phi) is 8.42. The van der Waals surface area contributed by atoms with E-state index in [1.165, 1.54) is 11.8 Å². The molecule has 0 aliphatic carbocycles. The summed E-state index contributed by atoms with van der Waals surface area (Å²) in [6.07, 6.45) is 3.03. The normalized spacial score (nSPS) is 12.5. The van der Waals surface area contributed by atoms with Gasteiger partial charge in [-0.15, -0.1) is 11.8 Å². The molecule has 8 heteroatoms. The summed E-state index contributed by atoms with van der Waals surface area (Å²) in [7, 11) is -1.98. The van der Waals surface area contributed by atoms with Gasteiger partial charge >= 0.3 is 0 Å². The molecule has 0 aliphatic rings. The number of aryl methyl sites for hydroxylation is 1. The van der Waals surface area contributed by atoms with Crippen molar-refractivity contribution in [3.63, 3.8) is 0 Å². The number of rotatable bonds is 9. The molecular weight excluding hydrogens is 432 g/mol. The van der Waals surface area contributed by atoms with Gasteiger partial charge < -0.3 is 10.1 Å². The van der Waals surface area contributed by atoms with Gasteiger partial charge in [-0.3, -0.25) is 9.10 Å². The fourth-order valence-corrected chi connectivity index (χ4v) is 4.77. The summed E-state index contributed by atoms with van der Waals surface area (Å²) in [6, 6.07) is 10.9. The molecular formula is C23H32N2O4S2. The molecule has 2 aromatic rings. The molecule has 0 saturated heterocycles. The highest BCUT2D eigenvalue weighted by atomic mass is 32.2. The van der Waals surface area contributed by atoms with E-state index in [4.69, 9.17) is 4.74 Å². The standard InChI is InChI=1S/C23H32N2O4S2/c1-15(2)20-13-21(16(3)11-22(20)29-5)17(4)24-23(26)14-25(31(7,27)28)18-9-8-10-19(12-18)30-6/h8-13,15,17H,14H2,1-7H3,(H,24,26). The number of amides is 1. The second kappa shape index (κ2) is 10.4. The first-order valence-electron chi connectivity index (χ1n) is 10.1. The molecule has 2 rings (SSSR count). The largest absolute Gasteiger partial charge is 0.496 e. The number of thioether (sulfide) groups is 1. The molecule has 2 aromatic carbocycles. The van der Waals surface area contributed by atoms with Crippen molar-refractivity contribution in [2.45, 2.75) is 44.6 Å². The molecule has 170 valence electrons. The lowest BCUT2D eigenvalue weighted by atomic mass is 9.93. The minimum atomic E-state index is -3.63. The third-order valence-electron chi connectivity index (χ3n) is 5.11. The molecule has 0 saturated carbocycles. The first-order valence-corrected chi connectivity index (χ1v) is 13.1.